The highest BCUT2D eigenvalue weighted by Crippen LogP contribution is 2.26. The summed E-state index contributed by atoms with van der Waals surface area (Å²) >= 11 is 0. The molecule has 216 valence electrons. The number of carbonyl (C=O) groups is 1. The van der Waals surface area contributed by atoms with Gasteiger partial charge in [-0.15, -0.1) is 0 Å². The summed E-state index contributed by atoms with van der Waals surface area (Å²) < 4.78 is 30.3. The van der Waals surface area contributed by atoms with Crippen molar-refractivity contribution in [1.82, 2.24) is 29.3 Å². The van der Waals surface area contributed by atoms with E-state index in [1.54, 1.807) is 48.5 Å². The van der Waals surface area contributed by atoms with Gasteiger partial charge in [-0.1, -0.05) is 36.4 Å². The van der Waals surface area contributed by atoms with Crippen molar-refractivity contribution >= 4 is 17.0 Å². The molecule has 6 aromatic rings. The second-order valence-electron chi connectivity index (χ2n) is 9.78. The Bertz CT molecular complexity index is 1900. The molecule has 0 bridgehead atoms. The van der Waals surface area contributed by atoms with Crippen LogP contribution in [-0.2, 0) is 24.3 Å². The number of carboxylic acid groups (broad SMARTS) is 1. The molecule has 0 saturated heterocycles. The first-order valence-electron chi connectivity index (χ1n) is 13.5. The molecule has 0 unspecified atom stereocenters. The highest BCUT2D eigenvalue weighted by atomic mass is 19.1. The molecule has 0 aliphatic rings. The summed E-state index contributed by atoms with van der Waals surface area (Å²) in [6.07, 6.45) is 3.32. The van der Waals surface area contributed by atoms with Gasteiger partial charge in [0, 0.05) is 37.3 Å². The number of rotatable bonds is 11. The number of aromatic carboxylic acids is 1. The highest BCUT2D eigenvalue weighted by molar-refractivity contribution is 5.92. The first kappa shape index (κ1) is 27.7. The van der Waals surface area contributed by atoms with Crippen LogP contribution in [0.3, 0.4) is 0 Å². The summed E-state index contributed by atoms with van der Waals surface area (Å²) in [7, 11) is 1.59. The van der Waals surface area contributed by atoms with Crippen LogP contribution in [0.15, 0.2) is 91.5 Å². The minimum absolute atomic E-state index is 0.159. The molecule has 3 heterocycles. The van der Waals surface area contributed by atoms with Crippen LogP contribution < -0.4 is 4.74 Å². The zero-order chi connectivity index (χ0) is 29.8. The van der Waals surface area contributed by atoms with Crippen molar-refractivity contribution in [3.05, 3.63) is 120 Å². The topological polar surface area (TPSA) is 117 Å². The van der Waals surface area contributed by atoms with Crippen molar-refractivity contribution in [3.8, 4) is 22.8 Å². The number of carboxylic acids is 1. The molecular weight excluding hydrogens is 551 g/mol. The molecule has 6 rings (SSSR count). The molecule has 0 aliphatic carbocycles. The van der Waals surface area contributed by atoms with Crippen molar-refractivity contribution in [2.75, 3.05) is 13.7 Å². The Morgan fingerprint density at radius 2 is 1.86 bits per heavy atom. The Morgan fingerprint density at radius 3 is 2.65 bits per heavy atom. The van der Waals surface area contributed by atoms with Crippen LogP contribution in [0, 0.1) is 5.82 Å². The van der Waals surface area contributed by atoms with Gasteiger partial charge in [0.25, 0.3) is 0 Å². The second-order valence-corrected chi connectivity index (χ2v) is 9.78. The summed E-state index contributed by atoms with van der Waals surface area (Å²) in [5, 5.41) is 13.6. The van der Waals surface area contributed by atoms with Gasteiger partial charge in [-0.2, -0.15) is 5.10 Å². The van der Waals surface area contributed by atoms with E-state index in [2.05, 4.69) is 20.1 Å². The van der Waals surface area contributed by atoms with Crippen LogP contribution in [0.5, 0.6) is 5.88 Å². The van der Waals surface area contributed by atoms with Gasteiger partial charge in [-0.25, -0.2) is 28.8 Å². The molecule has 0 saturated carbocycles. The van der Waals surface area contributed by atoms with E-state index >= 15 is 4.39 Å². The number of aromatic nitrogens is 6. The molecule has 1 N–H and O–H groups in total. The van der Waals surface area contributed by atoms with E-state index in [0.717, 1.165) is 11.3 Å². The predicted molar refractivity (Wildman–Crippen MR) is 157 cm³/mol. The Hall–Kier alpha value is -5.42. The minimum atomic E-state index is -1.02. The van der Waals surface area contributed by atoms with E-state index in [9.17, 15) is 9.90 Å². The molecular formula is C32H27FN6O4. The van der Waals surface area contributed by atoms with E-state index in [1.807, 2.05) is 41.0 Å². The first-order chi connectivity index (χ1) is 21.0. The molecule has 0 radical (unpaired) electrons. The number of halogens is 1. The zero-order valence-corrected chi connectivity index (χ0v) is 23.2. The summed E-state index contributed by atoms with van der Waals surface area (Å²) in [6.45, 7) is 1.11. The molecule has 10 nitrogen and oxygen atoms in total. The quantitative estimate of drug-likeness (QED) is 0.219. The predicted octanol–water partition coefficient (Wildman–Crippen LogP) is 5.33. The van der Waals surface area contributed by atoms with Crippen LogP contribution in [-0.4, -0.2) is 54.1 Å². The third kappa shape index (κ3) is 5.97. The number of ether oxygens (including phenoxy) is 2. The van der Waals surface area contributed by atoms with E-state index < -0.39 is 11.8 Å². The molecule has 11 heteroatoms. The number of para-hydroxylation sites is 1. The van der Waals surface area contributed by atoms with Gasteiger partial charge < -0.3 is 19.1 Å². The van der Waals surface area contributed by atoms with Crippen LogP contribution in [0.4, 0.5) is 4.39 Å². The number of methoxy groups -OCH3 is 1. The standard InChI is InChI=1S/C32H27FN6O4/c1-42-14-13-38-29-16-23(32(40)41)11-12-27(29)36-30(38)17-21-9-10-22(15-25(21)33)26-6-4-8-31(37-26)43-18-24-5-2-3-7-28(24)39-20-34-19-35-39/h2-12,15-16,19-20H,13-14,17-18H2,1H3,(H,40,41). The molecule has 3 aromatic carbocycles. The summed E-state index contributed by atoms with van der Waals surface area (Å²) in [6, 6.07) is 22.8. The average molecular weight is 579 g/mol. The van der Waals surface area contributed by atoms with E-state index in [1.165, 1.54) is 18.5 Å². The minimum Gasteiger partial charge on any atom is -0.478 e. The average Bonchev–Trinajstić information content (AvgIpc) is 3.68. The van der Waals surface area contributed by atoms with Crippen LogP contribution >= 0.6 is 0 Å². The molecule has 0 amide bonds. The fourth-order valence-corrected chi connectivity index (χ4v) is 4.89. The molecule has 43 heavy (non-hydrogen) atoms. The molecule has 0 aliphatic heterocycles. The number of nitrogens with zero attached hydrogens (tertiary/aromatic N) is 6. The lowest BCUT2D eigenvalue weighted by Crippen LogP contribution is -2.10. The summed E-state index contributed by atoms with van der Waals surface area (Å²) in [5.41, 5.74) is 4.85. The SMILES string of the molecule is COCCn1c(Cc2ccc(-c3cccc(OCc4ccccc4-n4cncn4)n3)cc2F)nc2ccc(C(=O)O)cc21. The van der Waals surface area contributed by atoms with Crippen molar-refractivity contribution < 1.29 is 23.8 Å². The van der Waals surface area contributed by atoms with Gasteiger partial charge in [-0.05, 0) is 42.0 Å². The molecule has 0 spiro atoms. The maximum atomic E-state index is 15.5. The third-order valence-corrected chi connectivity index (χ3v) is 7.05. The summed E-state index contributed by atoms with van der Waals surface area (Å²) in [5.74, 6) is -0.405. The number of imidazole rings is 1. The lowest BCUT2D eigenvalue weighted by atomic mass is 10.1. The van der Waals surface area contributed by atoms with Crippen molar-refractivity contribution in [2.45, 2.75) is 19.6 Å². The number of hydrogen-bond donors (Lipinski definition) is 1. The normalized spacial score (nSPS) is 11.2. The highest BCUT2D eigenvalue weighted by Gasteiger charge is 2.16. The van der Waals surface area contributed by atoms with Crippen LogP contribution in [0.1, 0.15) is 27.3 Å². The molecule has 3 aromatic heterocycles. The Labute approximate surface area is 246 Å². The Morgan fingerprint density at radius 1 is 0.977 bits per heavy atom. The van der Waals surface area contributed by atoms with Gasteiger partial charge in [0.2, 0.25) is 5.88 Å². The van der Waals surface area contributed by atoms with Gasteiger partial charge in [0.1, 0.15) is 30.9 Å². The zero-order valence-electron chi connectivity index (χ0n) is 23.2. The number of pyridine rings is 1. The van der Waals surface area contributed by atoms with Gasteiger partial charge in [0.15, 0.2) is 0 Å². The van der Waals surface area contributed by atoms with Crippen molar-refractivity contribution in [2.24, 2.45) is 0 Å². The summed E-state index contributed by atoms with van der Waals surface area (Å²) in [4.78, 5) is 24.8. The maximum Gasteiger partial charge on any atom is 0.335 e. The second kappa shape index (κ2) is 12.2. The van der Waals surface area contributed by atoms with E-state index in [4.69, 9.17) is 9.47 Å². The number of hydrogen-bond acceptors (Lipinski definition) is 7. The first-order valence-corrected chi connectivity index (χ1v) is 13.5. The Balaban J connectivity index is 1.22. The fraction of sp³-hybridized carbons (Fsp3) is 0.156. The smallest absolute Gasteiger partial charge is 0.335 e. The molecule has 0 fully saturated rings. The van der Waals surface area contributed by atoms with Crippen molar-refractivity contribution in [1.29, 1.82) is 0 Å². The Kier molecular flexibility index (Phi) is 7.88. The molecule has 0 atom stereocenters. The number of fused-ring (bicyclic) bond motifs is 1. The lowest BCUT2D eigenvalue weighted by Gasteiger charge is -2.12. The van der Waals surface area contributed by atoms with Crippen molar-refractivity contribution in [3.63, 3.8) is 0 Å². The van der Waals surface area contributed by atoms with E-state index in [-0.39, 0.29) is 18.6 Å². The largest absolute Gasteiger partial charge is 0.478 e. The van der Waals surface area contributed by atoms with Crippen LogP contribution in [0.2, 0.25) is 0 Å². The monoisotopic (exact) mass is 578 g/mol. The van der Waals surface area contributed by atoms with Gasteiger partial charge >= 0.3 is 5.97 Å². The maximum absolute atomic E-state index is 15.5. The third-order valence-electron chi connectivity index (χ3n) is 7.05. The van der Waals surface area contributed by atoms with E-state index in [0.29, 0.717) is 52.7 Å². The lowest BCUT2D eigenvalue weighted by molar-refractivity contribution is 0.0697. The number of benzene rings is 3. The fourth-order valence-electron chi connectivity index (χ4n) is 4.89. The van der Waals surface area contributed by atoms with Crippen LogP contribution in [0.25, 0.3) is 28.0 Å². The van der Waals surface area contributed by atoms with Gasteiger partial charge in [-0.3, -0.25) is 0 Å². The van der Waals surface area contributed by atoms with Gasteiger partial charge in [0.05, 0.1) is 34.6 Å².